The Labute approximate surface area is 166 Å². The lowest BCUT2D eigenvalue weighted by Gasteiger charge is -2.26. The van der Waals surface area contributed by atoms with Crippen LogP contribution in [0.3, 0.4) is 0 Å². The minimum Gasteiger partial charge on any atom is -0.387 e. The van der Waals surface area contributed by atoms with Crippen molar-refractivity contribution in [3.8, 4) is 0 Å². The van der Waals surface area contributed by atoms with Crippen LogP contribution in [0.2, 0.25) is 0 Å². The number of rotatable bonds is 7. The van der Waals surface area contributed by atoms with Gasteiger partial charge in [-0.3, -0.25) is 9.59 Å². The Morgan fingerprint density at radius 3 is 2.69 bits per heavy atom. The lowest BCUT2D eigenvalue weighted by Crippen LogP contribution is -2.36. The van der Waals surface area contributed by atoms with Crippen LogP contribution >= 0.6 is 27.3 Å². The summed E-state index contributed by atoms with van der Waals surface area (Å²) in [5, 5.41) is 12.3. The van der Waals surface area contributed by atoms with E-state index in [2.05, 4.69) is 15.9 Å². The lowest BCUT2D eigenvalue weighted by molar-refractivity contribution is -0.132. The van der Waals surface area contributed by atoms with Gasteiger partial charge in [-0.15, -0.1) is 11.3 Å². The van der Waals surface area contributed by atoms with E-state index in [1.54, 1.807) is 12.1 Å². The number of carbonyl (C=O) groups excluding carboxylic acids is 2. The Morgan fingerprint density at radius 1 is 1.23 bits per heavy atom. The van der Waals surface area contributed by atoms with E-state index in [4.69, 9.17) is 0 Å². The van der Waals surface area contributed by atoms with Crippen LogP contribution in [0.1, 0.15) is 53.4 Å². The average Bonchev–Trinajstić information content (AvgIpc) is 3.31. The zero-order valence-corrected chi connectivity index (χ0v) is 16.8. The van der Waals surface area contributed by atoms with Crippen LogP contribution in [0.4, 0.5) is 0 Å². The van der Waals surface area contributed by atoms with Gasteiger partial charge in [0.2, 0.25) is 5.91 Å². The van der Waals surface area contributed by atoms with Crippen LogP contribution in [0.5, 0.6) is 0 Å². The van der Waals surface area contributed by atoms with Gasteiger partial charge in [-0.25, -0.2) is 0 Å². The zero-order valence-electron chi connectivity index (χ0n) is 14.4. The van der Waals surface area contributed by atoms with Crippen molar-refractivity contribution in [3.63, 3.8) is 0 Å². The summed E-state index contributed by atoms with van der Waals surface area (Å²) >= 11 is 4.89. The van der Waals surface area contributed by atoms with Gasteiger partial charge in [-0.05, 0) is 42.8 Å². The third-order valence-electron chi connectivity index (χ3n) is 4.80. The topological polar surface area (TPSA) is 57.6 Å². The number of thiophene rings is 1. The Balaban J connectivity index is 1.53. The van der Waals surface area contributed by atoms with E-state index in [0.29, 0.717) is 18.5 Å². The van der Waals surface area contributed by atoms with Gasteiger partial charge in [0.15, 0.2) is 5.78 Å². The molecule has 0 spiro atoms. The molecule has 0 saturated carbocycles. The number of benzene rings is 1. The van der Waals surface area contributed by atoms with Gasteiger partial charge >= 0.3 is 0 Å². The highest BCUT2D eigenvalue weighted by molar-refractivity contribution is 9.10. The van der Waals surface area contributed by atoms with Crippen LogP contribution in [0, 0.1) is 0 Å². The minimum absolute atomic E-state index is 0.0105. The third kappa shape index (κ3) is 4.81. The summed E-state index contributed by atoms with van der Waals surface area (Å²) in [6.07, 6.45) is 2.34. The molecule has 1 fully saturated rings. The maximum Gasteiger partial charge on any atom is 0.223 e. The van der Waals surface area contributed by atoms with E-state index in [1.165, 1.54) is 11.3 Å². The van der Waals surface area contributed by atoms with Gasteiger partial charge in [-0.1, -0.05) is 34.1 Å². The smallest absolute Gasteiger partial charge is 0.223 e. The van der Waals surface area contributed by atoms with E-state index in [1.807, 2.05) is 34.5 Å². The second kappa shape index (κ2) is 8.93. The van der Waals surface area contributed by atoms with E-state index in [-0.39, 0.29) is 30.6 Å². The SMILES string of the molecule is O=C(CCC(=O)N1CCC[C@@H]1C[C@@H](O)c1cccs1)c1ccc(Br)cc1. The van der Waals surface area contributed by atoms with Gasteiger partial charge < -0.3 is 10.0 Å². The minimum atomic E-state index is -0.530. The molecule has 1 aromatic heterocycles. The molecule has 0 unspecified atom stereocenters. The van der Waals surface area contributed by atoms with Crippen molar-refractivity contribution in [1.29, 1.82) is 0 Å². The van der Waals surface area contributed by atoms with Crippen molar-refractivity contribution in [1.82, 2.24) is 4.90 Å². The van der Waals surface area contributed by atoms with Crippen LogP contribution in [-0.2, 0) is 4.79 Å². The first kappa shape index (κ1) is 19.3. The quantitative estimate of drug-likeness (QED) is 0.646. The molecule has 6 heteroatoms. The molecule has 1 aliphatic rings. The zero-order chi connectivity index (χ0) is 18.5. The molecule has 1 saturated heterocycles. The second-order valence-corrected chi connectivity index (χ2v) is 8.48. The summed E-state index contributed by atoms with van der Waals surface area (Å²) in [4.78, 5) is 27.7. The highest BCUT2D eigenvalue weighted by atomic mass is 79.9. The first-order valence-electron chi connectivity index (χ1n) is 8.84. The van der Waals surface area contributed by atoms with Crippen molar-refractivity contribution < 1.29 is 14.7 Å². The van der Waals surface area contributed by atoms with E-state index < -0.39 is 6.10 Å². The van der Waals surface area contributed by atoms with Gasteiger partial charge in [0.1, 0.15) is 0 Å². The summed E-state index contributed by atoms with van der Waals surface area (Å²) < 4.78 is 0.925. The molecular weight excluding hydrogens is 414 g/mol. The highest BCUT2D eigenvalue weighted by Gasteiger charge is 2.30. The maximum absolute atomic E-state index is 12.6. The van der Waals surface area contributed by atoms with Crippen molar-refractivity contribution >= 4 is 39.0 Å². The number of nitrogens with zero attached hydrogens (tertiary/aromatic N) is 1. The molecular formula is C20H22BrNO3S. The fourth-order valence-corrected chi connectivity index (χ4v) is 4.40. The fraction of sp³-hybridized carbons (Fsp3) is 0.400. The van der Waals surface area contributed by atoms with Crippen molar-refractivity contribution in [2.75, 3.05) is 6.54 Å². The van der Waals surface area contributed by atoms with Crippen molar-refractivity contribution in [2.24, 2.45) is 0 Å². The van der Waals surface area contributed by atoms with Crippen LogP contribution in [0.15, 0.2) is 46.3 Å². The Morgan fingerprint density at radius 2 is 2.00 bits per heavy atom. The summed E-state index contributed by atoms with van der Waals surface area (Å²) in [6.45, 7) is 0.715. The molecule has 2 aromatic rings. The number of hydrogen-bond acceptors (Lipinski definition) is 4. The maximum atomic E-state index is 12.6. The molecule has 4 nitrogen and oxygen atoms in total. The van der Waals surface area contributed by atoms with Crippen LogP contribution in [-0.4, -0.2) is 34.3 Å². The second-order valence-electron chi connectivity index (χ2n) is 6.58. The molecule has 1 aliphatic heterocycles. The number of aliphatic hydroxyl groups excluding tert-OH is 1. The van der Waals surface area contributed by atoms with E-state index in [9.17, 15) is 14.7 Å². The van der Waals surface area contributed by atoms with E-state index in [0.717, 1.165) is 22.2 Å². The molecule has 26 heavy (non-hydrogen) atoms. The molecule has 3 rings (SSSR count). The number of ketones is 1. The first-order chi connectivity index (χ1) is 12.5. The number of amides is 1. The Hall–Kier alpha value is -1.50. The number of Topliss-reactive ketones (excluding diaryl/α,β-unsaturated/α-hetero) is 1. The summed E-state index contributed by atoms with van der Waals surface area (Å²) in [5.41, 5.74) is 0.632. The summed E-state index contributed by atoms with van der Waals surface area (Å²) in [6, 6.07) is 11.1. The molecule has 138 valence electrons. The molecule has 1 N–H and O–H groups in total. The molecule has 1 amide bonds. The monoisotopic (exact) mass is 435 g/mol. The number of halogens is 1. The molecule has 0 bridgehead atoms. The highest BCUT2D eigenvalue weighted by Crippen LogP contribution is 2.30. The predicted octanol–water partition coefficient (Wildman–Crippen LogP) is 4.59. The summed E-state index contributed by atoms with van der Waals surface area (Å²) in [5.74, 6) is -0.00319. The van der Waals surface area contributed by atoms with Crippen molar-refractivity contribution in [2.45, 2.75) is 44.2 Å². The number of carbonyl (C=O) groups is 2. The van der Waals surface area contributed by atoms with Crippen LogP contribution in [0.25, 0.3) is 0 Å². The number of aliphatic hydroxyl groups is 1. The third-order valence-corrected chi connectivity index (χ3v) is 6.30. The average molecular weight is 436 g/mol. The predicted molar refractivity (Wildman–Crippen MR) is 106 cm³/mol. The number of hydrogen-bond donors (Lipinski definition) is 1. The Kier molecular flexibility index (Phi) is 6.62. The fourth-order valence-electron chi connectivity index (χ4n) is 3.41. The van der Waals surface area contributed by atoms with Crippen molar-refractivity contribution in [3.05, 3.63) is 56.7 Å². The van der Waals surface area contributed by atoms with Gasteiger partial charge in [0.25, 0.3) is 0 Å². The molecule has 1 aromatic carbocycles. The van der Waals surface area contributed by atoms with Gasteiger partial charge in [0.05, 0.1) is 6.10 Å². The largest absolute Gasteiger partial charge is 0.387 e. The molecule has 0 aliphatic carbocycles. The standard InChI is InChI=1S/C20H22BrNO3S/c21-15-7-5-14(6-8-15)17(23)9-10-20(25)22-11-1-3-16(22)13-18(24)19-4-2-12-26-19/h2,4-8,12,16,18,24H,1,3,9-11,13H2/t16-,18-/m1/s1. The number of likely N-dealkylation sites (tertiary alicyclic amines) is 1. The molecule has 2 heterocycles. The lowest BCUT2D eigenvalue weighted by atomic mass is 10.0. The summed E-state index contributed by atoms with van der Waals surface area (Å²) in [7, 11) is 0. The first-order valence-corrected chi connectivity index (χ1v) is 10.5. The Bertz CT molecular complexity index is 745. The van der Waals surface area contributed by atoms with Gasteiger partial charge in [0, 0.05) is 40.3 Å². The van der Waals surface area contributed by atoms with Crippen LogP contribution < -0.4 is 0 Å². The van der Waals surface area contributed by atoms with E-state index >= 15 is 0 Å². The molecule has 2 atom stereocenters. The normalized spacial score (nSPS) is 18.1. The molecule has 0 radical (unpaired) electrons. The van der Waals surface area contributed by atoms with Gasteiger partial charge in [-0.2, -0.15) is 0 Å².